The van der Waals surface area contributed by atoms with Crippen molar-refractivity contribution in [3.8, 4) is 17.2 Å². The van der Waals surface area contributed by atoms with E-state index in [1.54, 1.807) is 53.9 Å². The monoisotopic (exact) mass is 922 g/mol. The van der Waals surface area contributed by atoms with Crippen LogP contribution in [-0.2, 0) is 23.2 Å². The van der Waals surface area contributed by atoms with Crippen molar-refractivity contribution in [1.82, 2.24) is 48.3 Å². The minimum Gasteiger partial charge on any atom is -0.376 e. The minimum atomic E-state index is -0.857. The van der Waals surface area contributed by atoms with Crippen LogP contribution in [0.25, 0.3) is 39.0 Å². The van der Waals surface area contributed by atoms with Gasteiger partial charge >= 0.3 is 11.4 Å². The van der Waals surface area contributed by atoms with Gasteiger partial charge in [-0.15, -0.1) is 0 Å². The molecule has 1 N–H and O–H groups in total. The number of H-pyrrole nitrogens is 1. The molecular weight excluding hydrogens is 871 g/mol. The fraction of sp³-hybridized carbons (Fsp3) is 0.412. The average molecular weight is 923 g/mol. The van der Waals surface area contributed by atoms with Crippen molar-refractivity contribution >= 4 is 27.7 Å². The molecule has 0 radical (unpaired) electrons. The Morgan fingerprint density at radius 2 is 1.68 bits per heavy atom. The number of hydrogen-bond donors (Lipinski definition) is 1. The van der Waals surface area contributed by atoms with Crippen molar-refractivity contribution in [3.63, 3.8) is 0 Å². The molecular formula is C51H52F2N10O5. The van der Waals surface area contributed by atoms with Gasteiger partial charge in [-0.2, -0.15) is 10.2 Å². The summed E-state index contributed by atoms with van der Waals surface area (Å²) in [5.74, 6) is -0.326. The first-order valence-electron chi connectivity index (χ1n) is 23.6. The van der Waals surface area contributed by atoms with Crippen molar-refractivity contribution in [1.29, 1.82) is 0 Å². The summed E-state index contributed by atoms with van der Waals surface area (Å²) < 4.78 is 51.0. The van der Waals surface area contributed by atoms with Crippen LogP contribution < -0.4 is 11.4 Å². The number of aromatic nitrogens is 9. The Morgan fingerprint density at radius 1 is 0.926 bits per heavy atom. The lowest BCUT2D eigenvalue weighted by atomic mass is 9.83. The molecule has 4 aliphatic rings. The number of ether oxygens (including phenoxy) is 1. The summed E-state index contributed by atoms with van der Waals surface area (Å²) in [6.07, 6.45) is 9.57. The Balaban J connectivity index is 0.986. The Kier molecular flexibility index (Phi) is 9.41. The van der Waals surface area contributed by atoms with Gasteiger partial charge in [-0.05, 0) is 144 Å². The molecule has 0 bridgehead atoms. The normalized spacial score (nSPS) is 22.4. The molecule has 1 amide bonds. The second-order valence-electron chi connectivity index (χ2n) is 20.3. The second kappa shape index (κ2) is 15.1. The topological polar surface area (TPSA) is 156 Å². The molecule has 4 atom stereocenters. The van der Waals surface area contributed by atoms with E-state index in [4.69, 9.17) is 14.4 Å². The summed E-state index contributed by atoms with van der Waals surface area (Å²) in [6, 6.07) is 14.5. The number of carbonyl (C=O) groups is 1. The van der Waals surface area contributed by atoms with Gasteiger partial charge < -0.3 is 14.2 Å². The summed E-state index contributed by atoms with van der Waals surface area (Å²) in [5.41, 5.74) is 4.10. The predicted molar refractivity (Wildman–Crippen MR) is 249 cm³/mol. The number of aryl methyl sites for hydroxylation is 2. The van der Waals surface area contributed by atoms with E-state index in [1.165, 1.54) is 21.5 Å². The number of nitrogens with one attached hydrogen (secondary N) is 1. The van der Waals surface area contributed by atoms with Crippen LogP contribution in [0.1, 0.15) is 116 Å². The van der Waals surface area contributed by atoms with Gasteiger partial charge in [-0.1, -0.05) is 18.1 Å². The molecule has 68 heavy (non-hydrogen) atoms. The fourth-order valence-electron chi connectivity index (χ4n) is 11.4. The van der Waals surface area contributed by atoms with Gasteiger partial charge in [0.05, 0.1) is 45.8 Å². The highest BCUT2D eigenvalue weighted by molar-refractivity contribution is 6.00. The Morgan fingerprint density at radius 3 is 2.38 bits per heavy atom. The van der Waals surface area contributed by atoms with Gasteiger partial charge in [0.1, 0.15) is 22.9 Å². The number of fused-ring (bicyclic) bond motifs is 3. The van der Waals surface area contributed by atoms with E-state index in [0.29, 0.717) is 94.8 Å². The van der Waals surface area contributed by atoms with E-state index >= 15 is 13.6 Å². The molecule has 17 heteroatoms. The van der Waals surface area contributed by atoms with Crippen LogP contribution in [-0.4, -0.2) is 73.0 Å². The Hall–Kier alpha value is -6.88. The molecule has 5 aromatic heterocycles. The molecule has 0 spiro atoms. The minimum absolute atomic E-state index is 0.000380. The van der Waals surface area contributed by atoms with E-state index in [2.05, 4.69) is 54.2 Å². The second-order valence-corrected chi connectivity index (χ2v) is 20.3. The SMILES string of the molecule is Cc1cc(-n2nc3c(c2-n2ccn(-c4ccc5c(cnn5CC5CC5)c4F)c2=O)[C@H](C)N(C(=O)c2cc4cc(C5CCOC(C)(C)C5)ccc4n2[C@@]2(c4noc(=O)[nH]4)C[C@@H]2C)CC3)cc(C)c1F. The third-order valence-corrected chi connectivity index (χ3v) is 15.2. The highest BCUT2D eigenvalue weighted by atomic mass is 19.1. The number of amides is 1. The molecule has 1 saturated heterocycles. The highest BCUT2D eigenvalue weighted by Crippen LogP contribution is 2.56. The zero-order chi connectivity index (χ0) is 47.1. The Bertz CT molecular complexity index is 3480. The smallest absolute Gasteiger partial charge is 0.376 e. The van der Waals surface area contributed by atoms with Gasteiger partial charge in [0.25, 0.3) is 5.91 Å². The summed E-state index contributed by atoms with van der Waals surface area (Å²) in [4.78, 5) is 47.5. The number of carbonyl (C=O) groups excluding carboxylic acids is 1. The molecule has 1 unspecified atom stereocenters. The van der Waals surface area contributed by atoms with Crippen LogP contribution >= 0.6 is 0 Å². The largest absolute Gasteiger partial charge is 0.438 e. The molecule has 7 heterocycles. The maximum atomic E-state index is 16.5. The zero-order valence-electron chi connectivity index (χ0n) is 38.8. The lowest BCUT2D eigenvalue weighted by Crippen LogP contribution is -2.41. The maximum absolute atomic E-state index is 16.5. The van der Waals surface area contributed by atoms with Crippen LogP contribution in [0.15, 0.2) is 81.2 Å². The van der Waals surface area contributed by atoms with Crippen molar-refractivity contribution in [2.45, 2.75) is 110 Å². The molecule has 3 fully saturated rings. The van der Waals surface area contributed by atoms with E-state index in [-0.39, 0.29) is 34.8 Å². The van der Waals surface area contributed by atoms with Gasteiger partial charge in [0.15, 0.2) is 11.6 Å². The van der Waals surface area contributed by atoms with E-state index in [0.717, 1.165) is 42.1 Å². The summed E-state index contributed by atoms with van der Waals surface area (Å²) >= 11 is 0. The molecule has 15 nitrogen and oxygen atoms in total. The van der Waals surface area contributed by atoms with Crippen molar-refractivity contribution in [2.24, 2.45) is 11.8 Å². The zero-order valence-corrected chi connectivity index (χ0v) is 38.8. The standard InChI is InChI=1S/C51H52F2N10O5/c1-27-19-35(20-28(2)43(27)52)63-45(60-17-16-59(49(60)66)40-12-11-39-36(44(40)53)25-54-61(39)26-31-7-8-31)42-30(4)58(15-13-37(42)56-63)46(64)41-22-34-21-32(33-14-18-67-50(5,6)24-33)9-10-38(34)62(41)51(23-29(51)3)47-55-48(65)68-57-47/h9-12,16-17,19-22,25,29-31,33H,7-8,13-15,18,23-24,26H2,1-6H3,(H,55,57,65)/t29-,30-,33?,51-/m0/s1. The summed E-state index contributed by atoms with van der Waals surface area (Å²) in [5, 5.41) is 15.0. The van der Waals surface area contributed by atoms with Gasteiger partial charge in [-0.25, -0.2) is 23.1 Å². The first kappa shape index (κ1) is 42.5. The summed E-state index contributed by atoms with van der Waals surface area (Å²) in [6.45, 7) is 13.3. The van der Waals surface area contributed by atoms with Crippen LogP contribution in [0, 0.1) is 37.3 Å². The molecule has 2 aliphatic heterocycles. The number of imidazole rings is 1. The molecule has 2 saturated carbocycles. The highest BCUT2D eigenvalue weighted by Gasteiger charge is 2.59. The van der Waals surface area contributed by atoms with E-state index in [1.807, 2.05) is 22.2 Å². The first-order chi connectivity index (χ1) is 32.6. The number of aromatic amines is 1. The van der Waals surface area contributed by atoms with Crippen molar-refractivity contribution < 1.29 is 22.8 Å². The lowest BCUT2D eigenvalue weighted by Gasteiger charge is -2.35. The average Bonchev–Trinajstić information content (AvgIpc) is 3.80. The Labute approximate surface area is 388 Å². The summed E-state index contributed by atoms with van der Waals surface area (Å²) in [7, 11) is 0. The number of nitrogens with zero attached hydrogens (tertiary/aromatic N) is 9. The van der Waals surface area contributed by atoms with Gasteiger partial charge in [0, 0.05) is 55.0 Å². The van der Waals surface area contributed by atoms with Gasteiger partial charge in [0.2, 0.25) is 0 Å². The number of halogens is 2. The molecule has 12 rings (SSSR count). The van der Waals surface area contributed by atoms with Crippen molar-refractivity contribution in [2.75, 3.05) is 13.2 Å². The molecule has 3 aromatic carbocycles. The molecule has 350 valence electrons. The predicted octanol–water partition coefficient (Wildman–Crippen LogP) is 8.32. The number of benzene rings is 3. The third-order valence-electron chi connectivity index (χ3n) is 15.2. The lowest BCUT2D eigenvalue weighted by molar-refractivity contribution is -0.0592. The number of rotatable bonds is 9. The fourth-order valence-corrected chi connectivity index (χ4v) is 11.4. The van der Waals surface area contributed by atoms with E-state index < -0.39 is 28.8 Å². The quantitative estimate of drug-likeness (QED) is 0.152. The molecule has 8 aromatic rings. The van der Waals surface area contributed by atoms with E-state index in [9.17, 15) is 9.59 Å². The van der Waals surface area contributed by atoms with Crippen molar-refractivity contribution in [3.05, 3.63) is 139 Å². The first-order valence-corrected chi connectivity index (χ1v) is 23.6. The maximum Gasteiger partial charge on any atom is 0.438 e. The van der Waals surface area contributed by atoms with Crippen LogP contribution in [0.3, 0.4) is 0 Å². The van der Waals surface area contributed by atoms with Gasteiger partial charge in [-0.3, -0.25) is 28.1 Å². The van der Waals surface area contributed by atoms with Crippen LogP contribution in [0.5, 0.6) is 0 Å². The van der Waals surface area contributed by atoms with Crippen LogP contribution in [0.4, 0.5) is 8.78 Å². The van der Waals surface area contributed by atoms with Crippen LogP contribution in [0.2, 0.25) is 0 Å². The number of hydrogen-bond acceptors (Lipinski definition) is 8. The molecule has 2 aliphatic carbocycles. The third kappa shape index (κ3) is 6.51.